The third kappa shape index (κ3) is 3.43. The lowest BCUT2D eigenvalue weighted by molar-refractivity contribution is 0.413. The van der Waals surface area contributed by atoms with Crippen molar-refractivity contribution in [3.05, 3.63) is 58.9 Å². The van der Waals surface area contributed by atoms with Gasteiger partial charge in [-0.05, 0) is 53.3 Å². The number of allylic oxidation sites excluding steroid dienone is 1. The van der Waals surface area contributed by atoms with E-state index in [1.54, 1.807) is 25.3 Å². The Kier molecular flexibility index (Phi) is 5.18. The van der Waals surface area contributed by atoms with Gasteiger partial charge in [-0.25, -0.2) is 4.39 Å². The van der Waals surface area contributed by atoms with Gasteiger partial charge in [0.15, 0.2) is 0 Å². The molecule has 2 rings (SSSR count). The van der Waals surface area contributed by atoms with Crippen LogP contribution < -0.4 is 4.74 Å². The van der Waals surface area contributed by atoms with Gasteiger partial charge < -0.3 is 4.74 Å². The molecule has 0 N–H and O–H groups in total. The van der Waals surface area contributed by atoms with Gasteiger partial charge in [-0.15, -0.1) is 0 Å². The zero-order valence-electron chi connectivity index (χ0n) is 13.9. The van der Waals surface area contributed by atoms with E-state index in [4.69, 9.17) is 10.00 Å². The fourth-order valence-corrected chi connectivity index (χ4v) is 2.78. The van der Waals surface area contributed by atoms with E-state index < -0.39 is 0 Å². The summed E-state index contributed by atoms with van der Waals surface area (Å²) in [4.78, 5) is 0. The van der Waals surface area contributed by atoms with E-state index in [2.05, 4.69) is 19.9 Å². The smallest absolute Gasteiger partial charge is 0.130 e. The molecular formula is C20H20FNO. The summed E-state index contributed by atoms with van der Waals surface area (Å²) in [5, 5.41) is 8.92. The molecule has 0 aliphatic heterocycles. The van der Waals surface area contributed by atoms with Crippen LogP contribution in [-0.2, 0) is 0 Å². The Hall–Kier alpha value is -2.60. The number of halogens is 1. The van der Waals surface area contributed by atoms with Crippen LogP contribution in [0.5, 0.6) is 5.75 Å². The highest BCUT2D eigenvalue weighted by Crippen LogP contribution is 2.41. The molecule has 0 unspecified atom stereocenters. The second-order valence-corrected chi connectivity index (χ2v) is 5.73. The first kappa shape index (κ1) is 16.8. The molecule has 118 valence electrons. The van der Waals surface area contributed by atoms with E-state index in [1.165, 1.54) is 18.2 Å². The molecule has 0 amide bonds. The molecule has 0 bridgehead atoms. The molecule has 0 aliphatic carbocycles. The molecule has 0 aromatic heterocycles. The zero-order valence-corrected chi connectivity index (χ0v) is 13.9. The normalized spacial score (nSPS) is 11.0. The molecule has 0 fully saturated rings. The lowest BCUT2D eigenvalue weighted by atomic mass is 9.87. The minimum atomic E-state index is -0.279. The topological polar surface area (TPSA) is 33.0 Å². The summed E-state index contributed by atoms with van der Waals surface area (Å²) in [5.74, 6) is 0.759. The summed E-state index contributed by atoms with van der Waals surface area (Å²) in [6.07, 6.45) is 3.26. The largest absolute Gasteiger partial charge is 0.496 e. The van der Waals surface area contributed by atoms with Crippen LogP contribution >= 0.6 is 0 Å². The third-order valence-corrected chi connectivity index (χ3v) is 3.82. The van der Waals surface area contributed by atoms with Crippen LogP contribution in [0.2, 0.25) is 0 Å². The van der Waals surface area contributed by atoms with Crippen LogP contribution in [0.25, 0.3) is 17.2 Å². The van der Waals surface area contributed by atoms with E-state index in [1.807, 2.05) is 13.0 Å². The second-order valence-electron chi connectivity index (χ2n) is 5.73. The summed E-state index contributed by atoms with van der Waals surface area (Å²) in [7, 11) is 1.63. The van der Waals surface area contributed by atoms with Gasteiger partial charge in [-0.1, -0.05) is 32.0 Å². The van der Waals surface area contributed by atoms with Gasteiger partial charge in [-0.3, -0.25) is 0 Å². The van der Waals surface area contributed by atoms with Crippen LogP contribution in [0.3, 0.4) is 0 Å². The van der Waals surface area contributed by atoms with Crippen molar-refractivity contribution in [2.75, 3.05) is 7.11 Å². The Labute approximate surface area is 136 Å². The highest BCUT2D eigenvalue weighted by Gasteiger charge is 2.18. The van der Waals surface area contributed by atoms with Crippen LogP contribution in [0, 0.1) is 24.1 Å². The zero-order chi connectivity index (χ0) is 17.0. The number of methoxy groups -OCH3 is 1. The number of hydrogen-bond donors (Lipinski definition) is 0. The maximum Gasteiger partial charge on any atom is 0.130 e. The molecule has 2 aromatic rings. The lowest BCUT2D eigenvalue weighted by Gasteiger charge is -2.20. The third-order valence-electron chi connectivity index (χ3n) is 3.82. The van der Waals surface area contributed by atoms with Gasteiger partial charge in [0.1, 0.15) is 11.6 Å². The average molecular weight is 309 g/mol. The number of rotatable bonds is 4. The van der Waals surface area contributed by atoms with Crippen LogP contribution in [0.1, 0.15) is 36.5 Å². The summed E-state index contributed by atoms with van der Waals surface area (Å²) < 4.78 is 18.9. The van der Waals surface area contributed by atoms with Crippen molar-refractivity contribution in [3.8, 4) is 22.9 Å². The molecule has 0 radical (unpaired) electrons. The van der Waals surface area contributed by atoms with Gasteiger partial charge in [0.2, 0.25) is 0 Å². The monoisotopic (exact) mass is 309 g/mol. The summed E-state index contributed by atoms with van der Waals surface area (Å²) >= 11 is 0. The van der Waals surface area contributed by atoms with E-state index in [9.17, 15) is 4.39 Å². The van der Waals surface area contributed by atoms with Gasteiger partial charge in [-0.2, -0.15) is 5.26 Å². The molecule has 0 atom stereocenters. The molecule has 0 saturated heterocycles. The molecular weight excluding hydrogens is 289 g/mol. The highest BCUT2D eigenvalue weighted by atomic mass is 19.1. The van der Waals surface area contributed by atoms with Crippen molar-refractivity contribution in [2.24, 2.45) is 0 Å². The first-order valence-electron chi connectivity index (χ1n) is 7.53. The fraction of sp³-hybridized carbons (Fsp3) is 0.250. The number of benzene rings is 2. The van der Waals surface area contributed by atoms with E-state index in [0.717, 1.165) is 33.6 Å². The molecule has 0 aliphatic rings. The van der Waals surface area contributed by atoms with Crippen LogP contribution in [0.4, 0.5) is 4.39 Å². The predicted molar refractivity (Wildman–Crippen MR) is 91.9 cm³/mol. The maximum atomic E-state index is 13.3. The van der Waals surface area contributed by atoms with Crippen LogP contribution in [-0.4, -0.2) is 7.11 Å². The Morgan fingerprint density at radius 2 is 1.87 bits per heavy atom. The first-order valence-corrected chi connectivity index (χ1v) is 7.53. The van der Waals surface area contributed by atoms with Gasteiger partial charge in [0.25, 0.3) is 0 Å². The van der Waals surface area contributed by atoms with Crippen molar-refractivity contribution >= 4 is 6.08 Å². The fourth-order valence-electron chi connectivity index (χ4n) is 2.78. The maximum absolute atomic E-state index is 13.3. The molecule has 23 heavy (non-hydrogen) atoms. The summed E-state index contributed by atoms with van der Waals surface area (Å²) in [5.41, 5.74) is 4.85. The van der Waals surface area contributed by atoms with E-state index in [0.29, 0.717) is 0 Å². The molecule has 2 nitrogen and oxygen atoms in total. The van der Waals surface area contributed by atoms with Crippen molar-refractivity contribution in [3.63, 3.8) is 0 Å². The minimum Gasteiger partial charge on any atom is -0.496 e. The predicted octanol–water partition coefficient (Wildman–Crippen LogP) is 5.47. The number of hydrogen-bond acceptors (Lipinski definition) is 2. The van der Waals surface area contributed by atoms with Crippen molar-refractivity contribution in [1.82, 2.24) is 0 Å². The summed E-state index contributed by atoms with van der Waals surface area (Å²) in [6, 6.07) is 10.5. The first-order chi connectivity index (χ1) is 11.0. The van der Waals surface area contributed by atoms with Crippen molar-refractivity contribution < 1.29 is 9.13 Å². The van der Waals surface area contributed by atoms with Crippen molar-refractivity contribution in [1.29, 1.82) is 5.26 Å². The number of nitrogens with zero attached hydrogens (tertiary/aromatic N) is 1. The summed E-state index contributed by atoms with van der Waals surface area (Å²) in [6.45, 7) is 6.22. The van der Waals surface area contributed by atoms with Gasteiger partial charge in [0, 0.05) is 11.6 Å². The van der Waals surface area contributed by atoms with E-state index >= 15 is 0 Å². The SMILES string of the molecule is COc1c(C)cc(C(C)C)c(/C=C/C#N)c1-c1ccc(F)cc1. The molecule has 0 spiro atoms. The van der Waals surface area contributed by atoms with Gasteiger partial charge in [0.05, 0.1) is 13.2 Å². The van der Waals surface area contributed by atoms with Gasteiger partial charge >= 0.3 is 0 Å². The molecule has 2 aromatic carbocycles. The average Bonchev–Trinajstić information content (AvgIpc) is 2.53. The van der Waals surface area contributed by atoms with Crippen molar-refractivity contribution in [2.45, 2.75) is 26.7 Å². The number of aryl methyl sites for hydroxylation is 1. The molecule has 0 heterocycles. The Balaban J connectivity index is 2.86. The standard InChI is InChI=1S/C20H20FNO/c1-13(2)18-12-14(3)20(23-4)19(17(18)6-5-11-22)15-7-9-16(21)10-8-15/h5-10,12-13H,1-4H3/b6-5+. The Bertz CT molecular complexity index is 768. The Morgan fingerprint density at radius 3 is 2.39 bits per heavy atom. The second kappa shape index (κ2) is 7.11. The minimum absolute atomic E-state index is 0.279. The quantitative estimate of drug-likeness (QED) is 0.702. The van der Waals surface area contributed by atoms with Crippen LogP contribution in [0.15, 0.2) is 36.4 Å². The van der Waals surface area contributed by atoms with E-state index in [-0.39, 0.29) is 11.7 Å². The molecule has 3 heteroatoms. The molecule has 0 saturated carbocycles. The highest BCUT2D eigenvalue weighted by molar-refractivity contribution is 5.84. The lowest BCUT2D eigenvalue weighted by Crippen LogP contribution is -2.01. The number of ether oxygens (including phenoxy) is 1. The number of nitriles is 1. The Morgan fingerprint density at radius 1 is 1.22 bits per heavy atom.